The van der Waals surface area contributed by atoms with Gasteiger partial charge in [-0.05, 0) is 74.8 Å². The van der Waals surface area contributed by atoms with Crippen LogP contribution in [0.1, 0.15) is 56.2 Å². The lowest BCUT2D eigenvalue weighted by molar-refractivity contribution is -0.706. The van der Waals surface area contributed by atoms with Gasteiger partial charge in [-0.1, -0.05) is 0 Å². The number of pyridine rings is 1. The average Bonchev–Trinajstić information content (AvgIpc) is 2.74. The highest BCUT2D eigenvalue weighted by molar-refractivity contribution is 5.92. The van der Waals surface area contributed by atoms with E-state index < -0.39 is 0 Å². The number of rotatable bonds is 4. The van der Waals surface area contributed by atoms with Crippen LogP contribution >= 0.6 is 0 Å². The van der Waals surface area contributed by atoms with E-state index in [4.69, 9.17) is 0 Å². The standard InChI is InChI=1S/C23H29N3O/c1-18(26-16-13-19-7-3-4-8-20(19)17-26)23(27)24-21-9-11-22(12-10-21)25-14-5-2-6-15-25/h9-13,16-18H,2-8,14-15H2,1H3/p+1/t18-/m0/s1. The van der Waals surface area contributed by atoms with Crippen molar-refractivity contribution in [2.24, 2.45) is 0 Å². The molecule has 142 valence electrons. The van der Waals surface area contributed by atoms with Gasteiger partial charge in [0.1, 0.15) is 0 Å². The molecule has 1 aromatic heterocycles. The average molecular weight is 365 g/mol. The molecule has 0 saturated carbocycles. The lowest BCUT2D eigenvalue weighted by atomic mass is 9.93. The highest BCUT2D eigenvalue weighted by Crippen LogP contribution is 2.22. The summed E-state index contributed by atoms with van der Waals surface area (Å²) in [5.74, 6) is 0.0291. The molecule has 2 heterocycles. The van der Waals surface area contributed by atoms with Crippen molar-refractivity contribution >= 4 is 17.3 Å². The van der Waals surface area contributed by atoms with Gasteiger partial charge in [-0.15, -0.1) is 0 Å². The zero-order valence-electron chi connectivity index (χ0n) is 16.3. The van der Waals surface area contributed by atoms with E-state index >= 15 is 0 Å². The summed E-state index contributed by atoms with van der Waals surface area (Å²) in [4.78, 5) is 15.2. The van der Waals surface area contributed by atoms with Crippen molar-refractivity contribution in [1.29, 1.82) is 0 Å². The summed E-state index contributed by atoms with van der Waals surface area (Å²) < 4.78 is 2.04. The Balaban J connectivity index is 1.40. The summed E-state index contributed by atoms with van der Waals surface area (Å²) in [6.45, 7) is 4.24. The van der Waals surface area contributed by atoms with Gasteiger partial charge < -0.3 is 10.2 Å². The number of piperidine rings is 1. The second-order valence-electron chi connectivity index (χ2n) is 7.91. The number of amides is 1. The van der Waals surface area contributed by atoms with Gasteiger partial charge in [-0.3, -0.25) is 4.79 Å². The molecule has 4 rings (SSSR count). The van der Waals surface area contributed by atoms with E-state index in [2.05, 4.69) is 34.6 Å². The third kappa shape index (κ3) is 4.15. The molecule has 1 amide bonds. The Hall–Kier alpha value is -2.36. The lowest BCUT2D eigenvalue weighted by Gasteiger charge is -2.28. The normalized spacial score (nSPS) is 17.9. The second kappa shape index (κ2) is 8.12. The maximum absolute atomic E-state index is 12.7. The Morgan fingerprint density at radius 1 is 0.963 bits per heavy atom. The van der Waals surface area contributed by atoms with Crippen LogP contribution in [0.4, 0.5) is 11.4 Å². The van der Waals surface area contributed by atoms with Crippen molar-refractivity contribution in [3.05, 3.63) is 53.9 Å². The van der Waals surface area contributed by atoms with E-state index in [0.29, 0.717) is 0 Å². The number of carbonyl (C=O) groups is 1. The molecular weight excluding hydrogens is 334 g/mol. The van der Waals surface area contributed by atoms with Crippen molar-refractivity contribution in [2.45, 2.75) is 57.9 Å². The quantitative estimate of drug-likeness (QED) is 0.831. The Morgan fingerprint density at radius 2 is 1.67 bits per heavy atom. The van der Waals surface area contributed by atoms with Crippen LogP contribution in [0.25, 0.3) is 0 Å². The Kier molecular flexibility index (Phi) is 5.42. The Labute approximate surface area is 162 Å². The van der Waals surface area contributed by atoms with Crippen molar-refractivity contribution < 1.29 is 9.36 Å². The summed E-state index contributed by atoms with van der Waals surface area (Å²) in [5, 5.41) is 3.07. The molecule has 1 saturated heterocycles. The molecule has 2 aromatic rings. The first-order valence-corrected chi connectivity index (χ1v) is 10.4. The largest absolute Gasteiger partial charge is 0.372 e. The molecule has 1 N–H and O–H groups in total. The summed E-state index contributed by atoms with van der Waals surface area (Å²) >= 11 is 0. The molecule has 1 atom stereocenters. The summed E-state index contributed by atoms with van der Waals surface area (Å²) in [7, 11) is 0. The predicted molar refractivity (Wildman–Crippen MR) is 109 cm³/mol. The molecule has 4 heteroatoms. The fourth-order valence-electron chi connectivity index (χ4n) is 4.22. The number of anilines is 2. The fourth-order valence-corrected chi connectivity index (χ4v) is 4.22. The van der Waals surface area contributed by atoms with Crippen LogP contribution < -0.4 is 14.8 Å². The molecule has 0 bridgehead atoms. The molecule has 2 aliphatic rings. The number of fused-ring (bicyclic) bond motifs is 1. The minimum Gasteiger partial charge on any atom is -0.372 e. The minimum atomic E-state index is -0.223. The highest BCUT2D eigenvalue weighted by atomic mass is 16.2. The summed E-state index contributed by atoms with van der Waals surface area (Å²) in [6.07, 6.45) is 12.9. The molecule has 1 aliphatic carbocycles. The predicted octanol–water partition coefficient (Wildman–Crippen LogP) is 4.04. The van der Waals surface area contributed by atoms with E-state index in [9.17, 15) is 4.79 Å². The van der Waals surface area contributed by atoms with Crippen molar-refractivity contribution in [3.8, 4) is 0 Å². The third-order valence-corrected chi connectivity index (χ3v) is 5.99. The van der Waals surface area contributed by atoms with E-state index in [1.807, 2.05) is 29.8 Å². The topological polar surface area (TPSA) is 36.2 Å². The molecule has 1 fully saturated rings. The van der Waals surface area contributed by atoms with E-state index in [0.717, 1.165) is 25.2 Å². The van der Waals surface area contributed by atoms with Crippen molar-refractivity contribution in [2.75, 3.05) is 23.3 Å². The van der Waals surface area contributed by atoms with Gasteiger partial charge in [0, 0.05) is 43.0 Å². The van der Waals surface area contributed by atoms with Crippen LogP contribution in [-0.2, 0) is 17.6 Å². The van der Waals surface area contributed by atoms with Crippen LogP contribution in [-0.4, -0.2) is 19.0 Å². The van der Waals surface area contributed by atoms with Crippen molar-refractivity contribution in [1.82, 2.24) is 0 Å². The van der Waals surface area contributed by atoms with Crippen LogP contribution in [0.2, 0.25) is 0 Å². The van der Waals surface area contributed by atoms with E-state index in [-0.39, 0.29) is 11.9 Å². The monoisotopic (exact) mass is 364 g/mol. The number of hydrogen-bond acceptors (Lipinski definition) is 2. The first-order valence-electron chi connectivity index (χ1n) is 10.4. The fraction of sp³-hybridized carbons (Fsp3) is 0.478. The van der Waals surface area contributed by atoms with Crippen LogP contribution in [0.3, 0.4) is 0 Å². The molecular formula is C23H30N3O+. The highest BCUT2D eigenvalue weighted by Gasteiger charge is 2.24. The van der Waals surface area contributed by atoms with Crippen molar-refractivity contribution in [3.63, 3.8) is 0 Å². The van der Waals surface area contributed by atoms with Gasteiger partial charge in [0.2, 0.25) is 6.04 Å². The lowest BCUT2D eigenvalue weighted by Crippen LogP contribution is -2.44. The summed E-state index contributed by atoms with van der Waals surface area (Å²) in [5.41, 5.74) is 4.96. The molecule has 0 unspecified atom stereocenters. The van der Waals surface area contributed by atoms with Gasteiger partial charge in [0.25, 0.3) is 5.91 Å². The number of aromatic nitrogens is 1. The van der Waals surface area contributed by atoms with Gasteiger partial charge in [0.05, 0.1) is 0 Å². The Morgan fingerprint density at radius 3 is 2.41 bits per heavy atom. The number of aryl methyl sites for hydroxylation is 2. The molecule has 1 aliphatic heterocycles. The summed E-state index contributed by atoms with van der Waals surface area (Å²) in [6, 6.07) is 10.2. The number of carbonyl (C=O) groups excluding carboxylic acids is 1. The van der Waals surface area contributed by atoms with Gasteiger partial charge in [-0.2, -0.15) is 4.57 Å². The number of hydrogen-bond donors (Lipinski definition) is 1. The first kappa shape index (κ1) is 18.0. The van der Waals surface area contributed by atoms with Gasteiger partial charge in [-0.25, -0.2) is 0 Å². The number of benzene rings is 1. The van der Waals surface area contributed by atoms with E-state index in [1.54, 1.807) is 0 Å². The van der Waals surface area contributed by atoms with Crippen LogP contribution in [0.15, 0.2) is 42.7 Å². The minimum absolute atomic E-state index is 0.0291. The Bertz CT molecular complexity index is 794. The molecule has 27 heavy (non-hydrogen) atoms. The third-order valence-electron chi connectivity index (χ3n) is 5.99. The second-order valence-corrected chi connectivity index (χ2v) is 7.91. The van der Waals surface area contributed by atoms with Crippen LogP contribution in [0.5, 0.6) is 0 Å². The smallest absolute Gasteiger partial charge is 0.293 e. The zero-order chi connectivity index (χ0) is 18.6. The molecule has 4 nitrogen and oxygen atoms in total. The van der Waals surface area contributed by atoms with Crippen LogP contribution in [0, 0.1) is 0 Å². The number of nitrogens with one attached hydrogen (secondary N) is 1. The zero-order valence-corrected chi connectivity index (χ0v) is 16.3. The first-order chi connectivity index (χ1) is 13.2. The maximum Gasteiger partial charge on any atom is 0.293 e. The van der Waals surface area contributed by atoms with Gasteiger partial charge >= 0.3 is 0 Å². The maximum atomic E-state index is 12.7. The van der Waals surface area contributed by atoms with Gasteiger partial charge in [0.15, 0.2) is 12.4 Å². The van der Waals surface area contributed by atoms with E-state index in [1.165, 1.54) is 55.3 Å². The SMILES string of the molecule is C[C@@H](C(=O)Nc1ccc(N2CCCCC2)cc1)[n+]1ccc2c(c1)CCCC2. The molecule has 1 aromatic carbocycles. The number of nitrogens with zero attached hydrogens (tertiary/aromatic N) is 2. The molecule has 0 spiro atoms. The molecule has 0 radical (unpaired) electrons.